The Hall–Kier alpha value is -2.37. The summed E-state index contributed by atoms with van der Waals surface area (Å²) in [5, 5.41) is 8.79. The van der Waals surface area contributed by atoms with Gasteiger partial charge in [-0.25, -0.2) is 9.18 Å². The van der Waals surface area contributed by atoms with Gasteiger partial charge in [0.05, 0.1) is 0 Å². The largest absolute Gasteiger partial charge is 0.359 e. The van der Waals surface area contributed by atoms with Crippen LogP contribution < -0.4 is 10.6 Å². The lowest BCUT2D eigenvalue weighted by Crippen LogP contribution is -2.19. The van der Waals surface area contributed by atoms with Crippen LogP contribution in [0.2, 0.25) is 0 Å². The van der Waals surface area contributed by atoms with Gasteiger partial charge in [0, 0.05) is 17.2 Å². The third-order valence-electron chi connectivity index (χ3n) is 2.57. The van der Waals surface area contributed by atoms with Crippen molar-refractivity contribution in [2.45, 2.75) is 26.2 Å². The number of aromatic nitrogens is 1. The van der Waals surface area contributed by atoms with Crippen LogP contribution >= 0.6 is 0 Å². The van der Waals surface area contributed by atoms with E-state index in [-0.39, 0.29) is 5.41 Å². The molecule has 0 radical (unpaired) electrons. The van der Waals surface area contributed by atoms with Crippen LogP contribution in [0.4, 0.5) is 20.7 Å². The molecule has 0 saturated carbocycles. The molecule has 0 bridgehead atoms. The molecule has 1 aromatic heterocycles. The normalized spacial score (nSPS) is 11.2. The number of amides is 2. The third-order valence-corrected chi connectivity index (χ3v) is 2.57. The fraction of sp³-hybridized carbons (Fsp3) is 0.286. The van der Waals surface area contributed by atoms with Crippen molar-refractivity contribution in [2.75, 3.05) is 10.6 Å². The number of hydrogen-bond acceptors (Lipinski definition) is 3. The predicted molar refractivity (Wildman–Crippen MR) is 74.2 cm³/mol. The molecule has 2 rings (SSSR count). The average molecular weight is 277 g/mol. The zero-order valence-electron chi connectivity index (χ0n) is 11.5. The number of benzene rings is 1. The molecular formula is C14H16FN3O2. The molecule has 1 heterocycles. The highest BCUT2D eigenvalue weighted by Gasteiger charge is 2.20. The van der Waals surface area contributed by atoms with E-state index in [4.69, 9.17) is 4.52 Å². The van der Waals surface area contributed by atoms with Crippen molar-refractivity contribution in [3.8, 4) is 0 Å². The maximum atomic E-state index is 13.0. The first-order chi connectivity index (χ1) is 9.34. The van der Waals surface area contributed by atoms with E-state index >= 15 is 0 Å². The first kappa shape index (κ1) is 14.0. The van der Waals surface area contributed by atoms with Gasteiger partial charge >= 0.3 is 6.03 Å². The summed E-state index contributed by atoms with van der Waals surface area (Å²) in [5.74, 6) is 0.557. The number of urea groups is 1. The van der Waals surface area contributed by atoms with E-state index in [0.29, 0.717) is 17.3 Å². The monoisotopic (exact) mass is 277 g/mol. The summed E-state index contributed by atoms with van der Waals surface area (Å²) < 4.78 is 18.1. The zero-order chi connectivity index (χ0) is 14.8. The number of anilines is 2. The summed E-state index contributed by atoms with van der Waals surface area (Å²) in [4.78, 5) is 11.7. The highest BCUT2D eigenvalue weighted by molar-refractivity contribution is 5.99. The number of halogens is 1. The lowest BCUT2D eigenvalue weighted by atomic mass is 9.93. The van der Waals surface area contributed by atoms with Gasteiger partial charge < -0.3 is 9.84 Å². The molecule has 6 heteroatoms. The van der Waals surface area contributed by atoms with Gasteiger partial charge in [0.1, 0.15) is 11.6 Å². The average Bonchev–Trinajstić information content (AvgIpc) is 2.76. The molecule has 2 aromatic rings. The molecule has 0 aliphatic rings. The van der Waals surface area contributed by atoms with Crippen molar-refractivity contribution in [3.05, 3.63) is 41.9 Å². The maximum absolute atomic E-state index is 13.0. The fourth-order valence-electron chi connectivity index (χ4n) is 1.53. The summed E-state index contributed by atoms with van der Waals surface area (Å²) >= 11 is 0. The van der Waals surface area contributed by atoms with Crippen molar-refractivity contribution in [3.63, 3.8) is 0 Å². The van der Waals surface area contributed by atoms with Crippen LogP contribution in [0.3, 0.4) is 0 Å². The molecule has 106 valence electrons. The Morgan fingerprint density at radius 3 is 2.60 bits per heavy atom. The molecule has 5 nitrogen and oxygen atoms in total. The minimum absolute atomic E-state index is 0.189. The van der Waals surface area contributed by atoms with Crippen LogP contribution in [0.1, 0.15) is 26.5 Å². The Morgan fingerprint density at radius 1 is 1.25 bits per heavy atom. The van der Waals surface area contributed by atoms with Gasteiger partial charge in [-0.3, -0.25) is 5.32 Å². The standard InChI is InChI=1S/C14H16FN3O2/c1-14(2,3)11-8-12(18-20-11)17-13(19)16-10-6-4-5-9(15)7-10/h4-8H,1-3H3,(H2,16,17,18,19). The third kappa shape index (κ3) is 3.57. The van der Waals surface area contributed by atoms with Gasteiger partial charge in [0.15, 0.2) is 5.82 Å². The van der Waals surface area contributed by atoms with E-state index in [0.717, 1.165) is 0 Å². The van der Waals surface area contributed by atoms with E-state index in [1.165, 1.54) is 18.2 Å². The molecule has 0 spiro atoms. The van der Waals surface area contributed by atoms with Gasteiger partial charge in [0.2, 0.25) is 0 Å². The van der Waals surface area contributed by atoms with Gasteiger partial charge in [0.25, 0.3) is 0 Å². The predicted octanol–water partition coefficient (Wildman–Crippen LogP) is 3.76. The maximum Gasteiger partial charge on any atom is 0.324 e. The topological polar surface area (TPSA) is 67.2 Å². The molecule has 0 aliphatic carbocycles. The molecule has 2 N–H and O–H groups in total. The quantitative estimate of drug-likeness (QED) is 0.878. The van der Waals surface area contributed by atoms with Crippen molar-refractivity contribution in [1.29, 1.82) is 0 Å². The van der Waals surface area contributed by atoms with E-state index < -0.39 is 11.8 Å². The summed E-state index contributed by atoms with van der Waals surface area (Å²) in [7, 11) is 0. The van der Waals surface area contributed by atoms with E-state index in [1.807, 2.05) is 20.8 Å². The van der Waals surface area contributed by atoms with E-state index in [1.54, 1.807) is 12.1 Å². The van der Waals surface area contributed by atoms with Crippen molar-refractivity contribution < 1.29 is 13.7 Å². The second-order valence-electron chi connectivity index (χ2n) is 5.42. The van der Waals surface area contributed by atoms with Crippen molar-refractivity contribution >= 4 is 17.5 Å². The SMILES string of the molecule is CC(C)(C)c1cc(NC(=O)Nc2cccc(F)c2)no1. The summed E-state index contributed by atoms with van der Waals surface area (Å²) in [6, 6.07) is 6.78. The lowest BCUT2D eigenvalue weighted by molar-refractivity contribution is 0.262. The van der Waals surface area contributed by atoms with E-state index in [9.17, 15) is 9.18 Å². The second kappa shape index (κ2) is 5.32. The Kier molecular flexibility index (Phi) is 3.74. The minimum atomic E-state index is -0.510. The van der Waals surface area contributed by atoms with Crippen LogP contribution in [0.5, 0.6) is 0 Å². The van der Waals surface area contributed by atoms with E-state index in [2.05, 4.69) is 15.8 Å². The van der Waals surface area contributed by atoms with Crippen LogP contribution in [0.25, 0.3) is 0 Å². The molecule has 1 aromatic carbocycles. The number of hydrogen-bond donors (Lipinski definition) is 2. The Bertz CT molecular complexity index is 617. The van der Waals surface area contributed by atoms with Crippen LogP contribution in [0.15, 0.2) is 34.9 Å². The van der Waals surface area contributed by atoms with Crippen molar-refractivity contribution in [2.24, 2.45) is 0 Å². The molecule has 2 amide bonds. The minimum Gasteiger partial charge on any atom is -0.359 e. The summed E-state index contributed by atoms with van der Waals surface area (Å²) in [6.07, 6.45) is 0. The Labute approximate surface area is 116 Å². The Balaban J connectivity index is 2.00. The van der Waals surface area contributed by atoms with Gasteiger partial charge in [-0.1, -0.05) is 32.0 Å². The zero-order valence-corrected chi connectivity index (χ0v) is 11.5. The second-order valence-corrected chi connectivity index (χ2v) is 5.42. The fourth-order valence-corrected chi connectivity index (χ4v) is 1.53. The van der Waals surface area contributed by atoms with Gasteiger partial charge in [-0.15, -0.1) is 0 Å². The molecule has 0 aliphatic heterocycles. The highest BCUT2D eigenvalue weighted by Crippen LogP contribution is 2.24. The number of nitrogens with zero attached hydrogens (tertiary/aromatic N) is 1. The van der Waals surface area contributed by atoms with Crippen LogP contribution in [-0.2, 0) is 5.41 Å². The number of carbonyl (C=O) groups excluding carboxylic acids is 1. The number of nitrogens with one attached hydrogen (secondary N) is 2. The molecule has 0 atom stereocenters. The molecule has 0 saturated heterocycles. The molecule has 0 fully saturated rings. The number of rotatable bonds is 2. The summed E-state index contributed by atoms with van der Waals surface area (Å²) in [6.45, 7) is 5.93. The highest BCUT2D eigenvalue weighted by atomic mass is 19.1. The van der Waals surface area contributed by atoms with Crippen LogP contribution in [0, 0.1) is 5.82 Å². The lowest BCUT2D eigenvalue weighted by Gasteiger charge is -2.12. The first-order valence-corrected chi connectivity index (χ1v) is 6.15. The van der Waals surface area contributed by atoms with Crippen molar-refractivity contribution in [1.82, 2.24) is 5.16 Å². The molecule has 0 unspecified atom stereocenters. The molecule has 20 heavy (non-hydrogen) atoms. The first-order valence-electron chi connectivity index (χ1n) is 6.15. The Morgan fingerprint density at radius 2 is 2.00 bits per heavy atom. The number of carbonyl (C=O) groups is 1. The van der Waals surface area contributed by atoms with Gasteiger partial charge in [-0.2, -0.15) is 0 Å². The van der Waals surface area contributed by atoms with Gasteiger partial charge in [-0.05, 0) is 18.2 Å². The smallest absolute Gasteiger partial charge is 0.324 e. The van der Waals surface area contributed by atoms with Crippen LogP contribution in [-0.4, -0.2) is 11.2 Å². The molecular weight excluding hydrogens is 261 g/mol. The summed E-state index contributed by atoms with van der Waals surface area (Å²) in [5.41, 5.74) is 0.174.